The highest BCUT2D eigenvalue weighted by Crippen LogP contribution is 2.40. The average molecular weight is 390 g/mol. The van der Waals surface area contributed by atoms with Crippen LogP contribution in [0.4, 0.5) is 0 Å². The summed E-state index contributed by atoms with van der Waals surface area (Å²) in [6, 6.07) is 18.8. The molecule has 0 fully saturated rings. The summed E-state index contributed by atoms with van der Waals surface area (Å²) in [6.07, 6.45) is -1.28. The lowest BCUT2D eigenvalue weighted by atomic mass is 9.75. The molecule has 0 saturated heterocycles. The molecule has 146 valence electrons. The predicted molar refractivity (Wildman–Crippen MR) is 104 cm³/mol. The zero-order valence-electron chi connectivity index (χ0n) is 15.5. The first-order chi connectivity index (χ1) is 13.9. The molecule has 3 aromatic carbocycles. The van der Waals surface area contributed by atoms with Crippen LogP contribution in [0, 0.1) is 0 Å². The molecule has 0 atom stereocenters. The van der Waals surface area contributed by atoms with Gasteiger partial charge in [-0.25, -0.2) is 9.59 Å². The molecule has 4 rings (SSSR count). The quantitative estimate of drug-likeness (QED) is 0.662. The first-order valence-corrected chi connectivity index (χ1v) is 8.99. The summed E-state index contributed by atoms with van der Waals surface area (Å²) in [5.74, 6) is -1.09. The second-order valence-electron chi connectivity index (χ2n) is 7.02. The lowest BCUT2D eigenvalue weighted by Gasteiger charge is -2.37. The van der Waals surface area contributed by atoms with Gasteiger partial charge in [-0.05, 0) is 60.5 Å². The van der Waals surface area contributed by atoms with Crippen LogP contribution in [0.5, 0.6) is 11.5 Å². The number of phenolic OH excluding ortho intramolecular Hbond substituents is 2. The van der Waals surface area contributed by atoms with Crippen molar-refractivity contribution in [3.8, 4) is 11.5 Å². The number of rotatable bonds is 3. The fraction of sp³-hybridized carbons (Fsp3) is 0.130. The number of cyclic esters (lactones) is 2. The van der Waals surface area contributed by atoms with Crippen molar-refractivity contribution in [3.63, 3.8) is 0 Å². The Morgan fingerprint density at radius 1 is 0.724 bits per heavy atom. The maximum atomic E-state index is 12.7. The van der Waals surface area contributed by atoms with Gasteiger partial charge in [0.15, 0.2) is 0 Å². The second-order valence-corrected chi connectivity index (χ2v) is 7.02. The van der Waals surface area contributed by atoms with E-state index in [1.807, 2.05) is 0 Å². The van der Waals surface area contributed by atoms with Crippen molar-refractivity contribution in [2.24, 2.45) is 0 Å². The van der Waals surface area contributed by atoms with Gasteiger partial charge < -0.3 is 19.7 Å². The third-order valence-corrected chi connectivity index (χ3v) is 5.17. The van der Waals surface area contributed by atoms with Crippen LogP contribution in [0.2, 0.25) is 0 Å². The number of benzene rings is 3. The smallest absolute Gasteiger partial charge is 0.341 e. The Kier molecular flexibility index (Phi) is 4.47. The van der Waals surface area contributed by atoms with Gasteiger partial charge in [0.25, 0.3) is 6.29 Å². The number of esters is 2. The van der Waals surface area contributed by atoms with Crippen LogP contribution < -0.4 is 0 Å². The molecule has 6 heteroatoms. The number of ether oxygens (including phenoxy) is 2. The molecule has 2 N–H and O–H groups in total. The molecule has 0 saturated carbocycles. The summed E-state index contributed by atoms with van der Waals surface area (Å²) in [7, 11) is 0. The number of hydrogen-bond donors (Lipinski definition) is 2. The molecule has 0 unspecified atom stereocenters. The molecular weight excluding hydrogens is 372 g/mol. The molecule has 0 aromatic heterocycles. The van der Waals surface area contributed by atoms with Crippen molar-refractivity contribution in [1.82, 2.24) is 0 Å². The summed E-state index contributed by atoms with van der Waals surface area (Å²) in [6.45, 7) is 1.77. The Bertz CT molecular complexity index is 991. The summed E-state index contributed by atoms with van der Waals surface area (Å²) in [5.41, 5.74) is 0.695. The number of hydrogen-bond acceptors (Lipinski definition) is 6. The first-order valence-electron chi connectivity index (χ1n) is 8.99. The maximum absolute atomic E-state index is 12.7. The third kappa shape index (κ3) is 3.29. The van der Waals surface area contributed by atoms with E-state index in [4.69, 9.17) is 9.47 Å². The SMILES string of the molecule is CC(c1ccc(O)cc1)(c1ccc(O)cc1)C1OC(=O)c2cccc(c2)C(=O)O1. The minimum absolute atomic E-state index is 0.0726. The molecule has 0 amide bonds. The van der Waals surface area contributed by atoms with Gasteiger partial charge in [0.05, 0.1) is 16.5 Å². The van der Waals surface area contributed by atoms with Gasteiger partial charge in [0.2, 0.25) is 0 Å². The van der Waals surface area contributed by atoms with Crippen LogP contribution in [0.1, 0.15) is 38.8 Å². The number of phenols is 2. The van der Waals surface area contributed by atoms with Gasteiger partial charge in [0.1, 0.15) is 11.5 Å². The van der Waals surface area contributed by atoms with E-state index in [-0.39, 0.29) is 22.6 Å². The molecule has 29 heavy (non-hydrogen) atoms. The van der Waals surface area contributed by atoms with Crippen LogP contribution in [-0.4, -0.2) is 28.4 Å². The van der Waals surface area contributed by atoms with Gasteiger partial charge in [-0.3, -0.25) is 0 Å². The Balaban J connectivity index is 1.86. The summed E-state index contributed by atoms with van der Waals surface area (Å²) in [5, 5.41) is 19.4. The van der Waals surface area contributed by atoms with Crippen LogP contribution in [0.25, 0.3) is 0 Å². The van der Waals surface area contributed by atoms with Crippen LogP contribution in [0.15, 0.2) is 72.8 Å². The number of aromatic hydroxyl groups is 2. The highest BCUT2D eigenvalue weighted by molar-refractivity contribution is 5.96. The van der Waals surface area contributed by atoms with Crippen molar-refractivity contribution in [2.75, 3.05) is 0 Å². The van der Waals surface area contributed by atoms with Gasteiger partial charge >= 0.3 is 11.9 Å². The average Bonchev–Trinajstić information content (AvgIpc) is 2.73. The summed E-state index contributed by atoms with van der Waals surface area (Å²) < 4.78 is 11.3. The first kappa shape index (κ1) is 18.6. The number of carbonyl (C=O) groups excluding carboxylic acids is 2. The standard InChI is InChI=1S/C23H18O6/c1-23(16-5-9-18(24)10-6-16,17-7-11-19(25)12-8-17)22-28-20(26)14-3-2-4-15(13-14)21(27)29-22/h2-13,22,24-25H,1H3. The molecule has 0 aliphatic carbocycles. The molecule has 0 spiro atoms. The van der Waals surface area contributed by atoms with Gasteiger partial charge in [-0.1, -0.05) is 30.3 Å². The van der Waals surface area contributed by atoms with Gasteiger partial charge in [-0.15, -0.1) is 0 Å². The molecule has 3 aromatic rings. The topological polar surface area (TPSA) is 93.1 Å². The van der Waals surface area contributed by atoms with E-state index in [1.54, 1.807) is 49.4 Å². The molecule has 1 heterocycles. The van der Waals surface area contributed by atoms with Gasteiger partial charge in [0, 0.05) is 0 Å². The van der Waals surface area contributed by atoms with Crippen molar-refractivity contribution >= 4 is 11.9 Å². The maximum Gasteiger partial charge on any atom is 0.341 e. The van der Waals surface area contributed by atoms with Crippen LogP contribution >= 0.6 is 0 Å². The fourth-order valence-electron chi connectivity index (χ4n) is 3.42. The summed E-state index contributed by atoms with van der Waals surface area (Å²) in [4.78, 5) is 25.3. The van der Waals surface area contributed by atoms with E-state index in [9.17, 15) is 19.8 Å². The second kappa shape index (κ2) is 6.98. The van der Waals surface area contributed by atoms with E-state index < -0.39 is 23.6 Å². The van der Waals surface area contributed by atoms with E-state index >= 15 is 0 Å². The Hall–Kier alpha value is -3.80. The van der Waals surface area contributed by atoms with E-state index in [0.29, 0.717) is 11.1 Å². The van der Waals surface area contributed by atoms with Crippen molar-refractivity contribution in [2.45, 2.75) is 18.6 Å². The van der Waals surface area contributed by atoms with Crippen LogP contribution in [-0.2, 0) is 14.9 Å². The number of carbonyl (C=O) groups is 2. The predicted octanol–water partition coefficient (Wildman–Crippen LogP) is 3.76. The fourth-order valence-corrected chi connectivity index (χ4v) is 3.42. The van der Waals surface area contributed by atoms with E-state index in [1.165, 1.54) is 30.3 Å². The molecule has 2 bridgehead atoms. The Morgan fingerprint density at radius 2 is 1.14 bits per heavy atom. The minimum Gasteiger partial charge on any atom is -0.508 e. The molecular formula is C23H18O6. The highest BCUT2D eigenvalue weighted by Gasteiger charge is 2.44. The van der Waals surface area contributed by atoms with Gasteiger partial charge in [-0.2, -0.15) is 0 Å². The van der Waals surface area contributed by atoms with Crippen LogP contribution in [0.3, 0.4) is 0 Å². The zero-order chi connectivity index (χ0) is 20.6. The lowest BCUT2D eigenvalue weighted by Crippen LogP contribution is -2.44. The van der Waals surface area contributed by atoms with E-state index in [0.717, 1.165) is 0 Å². The number of fused-ring (bicyclic) bond motifs is 2. The molecule has 0 radical (unpaired) electrons. The third-order valence-electron chi connectivity index (χ3n) is 5.17. The van der Waals surface area contributed by atoms with Crippen molar-refractivity contribution in [1.29, 1.82) is 0 Å². The van der Waals surface area contributed by atoms with Crippen molar-refractivity contribution in [3.05, 3.63) is 95.1 Å². The minimum atomic E-state index is -1.28. The van der Waals surface area contributed by atoms with Crippen molar-refractivity contribution < 1.29 is 29.3 Å². The Morgan fingerprint density at radius 3 is 1.55 bits per heavy atom. The molecule has 6 nitrogen and oxygen atoms in total. The summed E-state index contributed by atoms with van der Waals surface area (Å²) >= 11 is 0. The molecule has 1 aliphatic heterocycles. The lowest BCUT2D eigenvalue weighted by molar-refractivity contribution is -0.109. The van der Waals surface area contributed by atoms with E-state index in [2.05, 4.69) is 0 Å². The Labute approximate surface area is 167 Å². The monoisotopic (exact) mass is 390 g/mol. The highest BCUT2D eigenvalue weighted by atomic mass is 16.7. The normalized spacial score (nSPS) is 14.5. The zero-order valence-corrected chi connectivity index (χ0v) is 15.5. The largest absolute Gasteiger partial charge is 0.508 e. The molecule has 1 aliphatic rings.